The number of benzene rings is 2. The molecule has 126 valence electrons. The second-order valence-electron chi connectivity index (χ2n) is 5.11. The molecule has 1 heterocycles. The van der Waals surface area contributed by atoms with Gasteiger partial charge in [-0.05, 0) is 17.5 Å². The molecule has 2 N–H and O–H groups in total. The third-order valence-electron chi connectivity index (χ3n) is 3.40. The lowest BCUT2D eigenvalue weighted by Gasteiger charge is -2.08. The number of nitrogens with one attached hydrogen (secondary N) is 2. The third kappa shape index (κ3) is 4.18. The molecule has 8 heteroatoms. The van der Waals surface area contributed by atoms with Crippen LogP contribution in [0.4, 0.5) is 10.7 Å². The summed E-state index contributed by atoms with van der Waals surface area (Å²) in [5, 5.41) is 19.7. The van der Waals surface area contributed by atoms with E-state index in [9.17, 15) is 14.9 Å². The van der Waals surface area contributed by atoms with Crippen LogP contribution in [0.25, 0.3) is 10.8 Å². The predicted octanol–water partition coefficient (Wildman–Crippen LogP) is 3.37. The number of fused-ring (bicyclic) bond motifs is 1. The molecule has 1 aromatic heterocycles. The lowest BCUT2D eigenvalue weighted by molar-refractivity contribution is -0.380. The van der Waals surface area contributed by atoms with Gasteiger partial charge in [0.05, 0.1) is 22.6 Å². The third-order valence-corrected chi connectivity index (χ3v) is 4.37. The zero-order chi connectivity index (χ0) is 17.6. The summed E-state index contributed by atoms with van der Waals surface area (Å²) in [5.41, 5.74) is 3.26. The van der Waals surface area contributed by atoms with Crippen molar-refractivity contribution < 1.29 is 9.72 Å². The molecule has 0 bridgehead atoms. The van der Waals surface area contributed by atoms with E-state index in [1.165, 1.54) is 12.3 Å². The standard InChI is InChI=1S/C17H14N4O3S/c22-16(20-19-10-13-8-9-17(25-13)21(23)24)11-18-15-7-3-5-12-4-1-2-6-14(12)15/h1-10,18H,11H2,(H,20,22). The summed E-state index contributed by atoms with van der Waals surface area (Å²) < 4.78 is 0. The van der Waals surface area contributed by atoms with E-state index in [0.717, 1.165) is 27.8 Å². The molecular formula is C17H14N4O3S. The maximum atomic E-state index is 11.9. The van der Waals surface area contributed by atoms with Gasteiger partial charge in [-0.3, -0.25) is 14.9 Å². The zero-order valence-electron chi connectivity index (χ0n) is 13.0. The van der Waals surface area contributed by atoms with Crippen LogP contribution in [-0.4, -0.2) is 23.6 Å². The molecule has 0 radical (unpaired) electrons. The summed E-state index contributed by atoms with van der Waals surface area (Å²) in [4.78, 5) is 22.6. The van der Waals surface area contributed by atoms with Crippen LogP contribution in [0.1, 0.15) is 4.88 Å². The lowest BCUT2D eigenvalue weighted by Crippen LogP contribution is -2.25. The number of carbonyl (C=O) groups excluding carboxylic acids is 1. The Hall–Kier alpha value is -3.26. The molecule has 3 aromatic rings. The van der Waals surface area contributed by atoms with Gasteiger partial charge in [0, 0.05) is 17.1 Å². The van der Waals surface area contributed by atoms with E-state index in [1.54, 1.807) is 6.07 Å². The molecule has 1 amide bonds. The molecule has 25 heavy (non-hydrogen) atoms. The molecule has 2 aromatic carbocycles. The van der Waals surface area contributed by atoms with Crippen molar-refractivity contribution in [2.24, 2.45) is 5.10 Å². The minimum absolute atomic E-state index is 0.0328. The fourth-order valence-corrected chi connectivity index (χ4v) is 2.97. The van der Waals surface area contributed by atoms with Gasteiger partial charge in [-0.2, -0.15) is 5.10 Å². The molecule has 0 spiro atoms. The van der Waals surface area contributed by atoms with E-state index >= 15 is 0 Å². The lowest BCUT2D eigenvalue weighted by atomic mass is 10.1. The Morgan fingerprint density at radius 3 is 2.76 bits per heavy atom. The van der Waals surface area contributed by atoms with Gasteiger partial charge in [0.2, 0.25) is 0 Å². The van der Waals surface area contributed by atoms with E-state index in [0.29, 0.717) is 4.88 Å². The molecule has 0 aliphatic heterocycles. The van der Waals surface area contributed by atoms with Crippen molar-refractivity contribution in [3.8, 4) is 0 Å². The molecule has 3 rings (SSSR count). The second kappa shape index (κ2) is 7.54. The van der Waals surface area contributed by atoms with Crippen molar-refractivity contribution in [1.82, 2.24) is 5.43 Å². The number of amides is 1. The first-order chi connectivity index (χ1) is 12.1. The number of nitrogens with zero attached hydrogens (tertiary/aromatic N) is 2. The first kappa shape index (κ1) is 16.6. The molecular weight excluding hydrogens is 340 g/mol. The molecule has 0 unspecified atom stereocenters. The summed E-state index contributed by atoms with van der Waals surface area (Å²) in [5.74, 6) is -0.310. The molecule has 0 aliphatic rings. The largest absolute Gasteiger partial charge is 0.376 e. The predicted molar refractivity (Wildman–Crippen MR) is 99.1 cm³/mol. The zero-order valence-corrected chi connectivity index (χ0v) is 13.8. The van der Waals surface area contributed by atoms with Gasteiger partial charge in [0.15, 0.2) is 0 Å². The molecule has 0 aliphatic carbocycles. The molecule has 0 saturated carbocycles. The first-order valence-electron chi connectivity index (χ1n) is 7.41. The van der Waals surface area contributed by atoms with Crippen LogP contribution in [-0.2, 0) is 4.79 Å². The van der Waals surface area contributed by atoms with Crippen LogP contribution < -0.4 is 10.7 Å². The van der Waals surface area contributed by atoms with Crippen LogP contribution in [0.15, 0.2) is 59.7 Å². The highest BCUT2D eigenvalue weighted by Crippen LogP contribution is 2.23. The summed E-state index contributed by atoms with van der Waals surface area (Å²) in [6, 6.07) is 16.7. The smallest absolute Gasteiger partial charge is 0.324 e. The van der Waals surface area contributed by atoms with Gasteiger partial charge in [-0.1, -0.05) is 47.7 Å². The number of rotatable bonds is 6. The van der Waals surface area contributed by atoms with E-state index in [-0.39, 0.29) is 17.5 Å². The minimum atomic E-state index is -0.464. The van der Waals surface area contributed by atoms with Gasteiger partial charge < -0.3 is 5.32 Å². The average Bonchev–Trinajstić information content (AvgIpc) is 3.09. The number of hydrogen-bond donors (Lipinski definition) is 2. The Kier molecular flexibility index (Phi) is 5.00. The Bertz CT molecular complexity index is 946. The Morgan fingerprint density at radius 1 is 1.16 bits per heavy atom. The van der Waals surface area contributed by atoms with E-state index in [2.05, 4.69) is 15.8 Å². The number of thiophene rings is 1. The monoisotopic (exact) mass is 354 g/mol. The molecule has 0 atom stereocenters. The molecule has 0 fully saturated rings. The van der Waals surface area contributed by atoms with Crippen molar-refractivity contribution in [2.75, 3.05) is 11.9 Å². The Morgan fingerprint density at radius 2 is 1.96 bits per heavy atom. The molecule has 7 nitrogen and oxygen atoms in total. The van der Waals surface area contributed by atoms with Gasteiger partial charge in [0.25, 0.3) is 5.91 Å². The number of nitro groups is 1. The number of carbonyl (C=O) groups is 1. The second-order valence-corrected chi connectivity index (χ2v) is 6.20. The van der Waals surface area contributed by atoms with Crippen LogP contribution in [0, 0.1) is 10.1 Å². The average molecular weight is 354 g/mol. The summed E-state index contributed by atoms with van der Waals surface area (Å²) >= 11 is 0.989. The van der Waals surface area contributed by atoms with Gasteiger partial charge in [-0.15, -0.1) is 0 Å². The molecule has 0 saturated heterocycles. The topological polar surface area (TPSA) is 96.6 Å². The van der Waals surface area contributed by atoms with E-state index in [4.69, 9.17) is 0 Å². The van der Waals surface area contributed by atoms with E-state index in [1.807, 2.05) is 42.5 Å². The summed E-state index contributed by atoms with van der Waals surface area (Å²) in [7, 11) is 0. The van der Waals surface area contributed by atoms with Gasteiger partial charge >= 0.3 is 5.00 Å². The van der Waals surface area contributed by atoms with Gasteiger partial charge in [-0.25, -0.2) is 5.43 Å². The van der Waals surface area contributed by atoms with Crippen LogP contribution in [0.5, 0.6) is 0 Å². The van der Waals surface area contributed by atoms with Crippen molar-refractivity contribution in [3.63, 3.8) is 0 Å². The quantitative estimate of drug-likeness (QED) is 0.403. The van der Waals surface area contributed by atoms with Crippen LogP contribution in [0.2, 0.25) is 0 Å². The normalized spacial score (nSPS) is 10.9. The van der Waals surface area contributed by atoms with Crippen LogP contribution >= 0.6 is 11.3 Å². The fraction of sp³-hybridized carbons (Fsp3) is 0.0588. The Balaban J connectivity index is 1.55. The minimum Gasteiger partial charge on any atom is -0.376 e. The first-order valence-corrected chi connectivity index (χ1v) is 8.23. The van der Waals surface area contributed by atoms with Crippen molar-refractivity contribution in [1.29, 1.82) is 0 Å². The maximum absolute atomic E-state index is 11.9. The fourth-order valence-electron chi connectivity index (χ4n) is 2.27. The van der Waals surface area contributed by atoms with Gasteiger partial charge in [0.1, 0.15) is 0 Å². The summed E-state index contributed by atoms with van der Waals surface area (Å²) in [6.45, 7) is 0.0654. The highest BCUT2D eigenvalue weighted by atomic mass is 32.1. The SMILES string of the molecule is O=C(CNc1cccc2ccccc12)NN=Cc1ccc([N+](=O)[O-])s1. The van der Waals surface area contributed by atoms with Crippen molar-refractivity contribution in [2.45, 2.75) is 0 Å². The highest BCUT2D eigenvalue weighted by molar-refractivity contribution is 7.16. The Labute approximate surface area is 147 Å². The van der Waals surface area contributed by atoms with Crippen molar-refractivity contribution in [3.05, 3.63) is 69.6 Å². The maximum Gasteiger partial charge on any atom is 0.324 e. The summed E-state index contributed by atoms with van der Waals surface area (Å²) in [6.07, 6.45) is 1.38. The number of anilines is 1. The highest BCUT2D eigenvalue weighted by Gasteiger charge is 2.08. The van der Waals surface area contributed by atoms with Crippen LogP contribution in [0.3, 0.4) is 0 Å². The van der Waals surface area contributed by atoms with Crippen molar-refractivity contribution >= 4 is 44.9 Å². The van der Waals surface area contributed by atoms with E-state index < -0.39 is 4.92 Å². The number of hydrogen-bond acceptors (Lipinski definition) is 6. The number of hydrazone groups is 1.